The minimum atomic E-state index is -0.823. The Kier molecular flexibility index (Phi) is 5.30. The summed E-state index contributed by atoms with van der Waals surface area (Å²) in [6, 6.07) is 9.64. The van der Waals surface area contributed by atoms with E-state index in [0.717, 1.165) is 17.4 Å². The van der Waals surface area contributed by atoms with Gasteiger partial charge < -0.3 is 15.4 Å². The molecule has 0 radical (unpaired) electrons. The maximum absolute atomic E-state index is 13.4. The second kappa shape index (κ2) is 7.40. The summed E-state index contributed by atoms with van der Waals surface area (Å²) in [6.45, 7) is 2.76. The van der Waals surface area contributed by atoms with Crippen LogP contribution in [0.5, 0.6) is 5.75 Å². The van der Waals surface area contributed by atoms with Crippen molar-refractivity contribution in [1.82, 2.24) is 5.32 Å². The van der Waals surface area contributed by atoms with Gasteiger partial charge in [0.2, 0.25) is 0 Å². The molecule has 0 spiro atoms. The van der Waals surface area contributed by atoms with Crippen molar-refractivity contribution in [3.63, 3.8) is 0 Å². The van der Waals surface area contributed by atoms with Crippen LogP contribution in [0.4, 0.5) is 19.3 Å². The maximum Gasteiger partial charge on any atom is 0.319 e. The van der Waals surface area contributed by atoms with Crippen LogP contribution in [0.15, 0.2) is 42.5 Å². The number of anilines is 1. The van der Waals surface area contributed by atoms with E-state index >= 15 is 0 Å². The molecule has 2 rings (SSSR count). The van der Waals surface area contributed by atoms with Crippen LogP contribution in [0.3, 0.4) is 0 Å². The van der Waals surface area contributed by atoms with Crippen LogP contribution in [0.25, 0.3) is 0 Å². The van der Waals surface area contributed by atoms with Gasteiger partial charge in [-0.1, -0.05) is 12.1 Å². The number of nitrogens with one attached hydrogen (secondary N) is 2. The van der Waals surface area contributed by atoms with Crippen molar-refractivity contribution in [3.8, 4) is 5.75 Å². The number of benzene rings is 2. The van der Waals surface area contributed by atoms with E-state index in [1.165, 1.54) is 6.07 Å². The Hall–Kier alpha value is -2.63. The molecule has 0 unspecified atom stereocenters. The summed E-state index contributed by atoms with van der Waals surface area (Å²) in [7, 11) is 0. The first-order chi connectivity index (χ1) is 10.6. The van der Waals surface area contributed by atoms with Crippen molar-refractivity contribution < 1.29 is 18.3 Å². The van der Waals surface area contributed by atoms with Crippen molar-refractivity contribution in [2.45, 2.75) is 13.5 Å². The number of hydrogen-bond donors (Lipinski definition) is 2. The van der Waals surface area contributed by atoms with Crippen LogP contribution >= 0.6 is 0 Å². The fraction of sp³-hybridized carbons (Fsp3) is 0.188. The standard InChI is InChI=1S/C16H16F2N2O2/c1-2-22-13-6-3-11(4-7-13)10-19-16(21)20-15-8-5-12(17)9-14(15)18/h3-9H,2,10H2,1H3,(H2,19,20,21). The number of amides is 2. The second-order valence-electron chi connectivity index (χ2n) is 4.51. The highest BCUT2D eigenvalue weighted by atomic mass is 19.1. The van der Waals surface area contributed by atoms with Crippen LogP contribution < -0.4 is 15.4 Å². The molecular formula is C16H16F2N2O2. The lowest BCUT2D eigenvalue weighted by atomic mass is 10.2. The Morgan fingerprint density at radius 1 is 1.14 bits per heavy atom. The number of rotatable bonds is 5. The van der Waals surface area contributed by atoms with Gasteiger partial charge in [-0.15, -0.1) is 0 Å². The number of halogens is 2. The fourth-order valence-electron chi connectivity index (χ4n) is 1.81. The van der Waals surface area contributed by atoms with E-state index in [-0.39, 0.29) is 12.2 Å². The maximum atomic E-state index is 13.4. The van der Waals surface area contributed by atoms with Gasteiger partial charge in [0, 0.05) is 12.6 Å². The molecule has 0 aliphatic heterocycles. The lowest BCUT2D eigenvalue weighted by molar-refractivity contribution is 0.251. The number of carbonyl (C=O) groups is 1. The Labute approximate surface area is 127 Å². The van der Waals surface area contributed by atoms with Crippen LogP contribution in [0, 0.1) is 11.6 Å². The summed E-state index contributed by atoms with van der Waals surface area (Å²) in [6.07, 6.45) is 0. The molecular weight excluding hydrogens is 290 g/mol. The number of ether oxygens (including phenoxy) is 1. The molecule has 6 heteroatoms. The Bertz CT molecular complexity index is 645. The average molecular weight is 306 g/mol. The molecule has 0 bridgehead atoms. The lowest BCUT2D eigenvalue weighted by Gasteiger charge is -2.09. The molecule has 2 aromatic rings. The molecule has 0 heterocycles. The van der Waals surface area contributed by atoms with E-state index in [1.54, 1.807) is 12.1 Å². The third-order valence-corrected chi connectivity index (χ3v) is 2.87. The van der Waals surface area contributed by atoms with Crippen molar-refractivity contribution in [3.05, 3.63) is 59.7 Å². The monoisotopic (exact) mass is 306 g/mol. The minimum Gasteiger partial charge on any atom is -0.494 e. The first-order valence-electron chi connectivity index (χ1n) is 6.80. The number of carbonyl (C=O) groups excluding carboxylic acids is 1. The van der Waals surface area contributed by atoms with Gasteiger partial charge in [-0.25, -0.2) is 13.6 Å². The summed E-state index contributed by atoms with van der Waals surface area (Å²) >= 11 is 0. The van der Waals surface area contributed by atoms with Crippen molar-refractivity contribution in [1.29, 1.82) is 0 Å². The van der Waals surface area contributed by atoms with E-state index in [0.29, 0.717) is 12.7 Å². The zero-order chi connectivity index (χ0) is 15.9. The van der Waals surface area contributed by atoms with Crippen molar-refractivity contribution in [2.24, 2.45) is 0 Å². The van der Waals surface area contributed by atoms with Gasteiger partial charge in [0.25, 0.3) is 0 Å². The predicted molar refractivity (Wildman–Crippen MR) is 79.8 cm³/mol. The van der Waals surface area contributed by atoms with Gasteiger partial charge in [0.05, 0.1) is 12.3 Å². The molecule has 2 amide bonds. The topological polar surface area (TPSA) is 50.4 Å². The largest absolute Gasteiger partial charge is 0.494 e. The lowest BCUT2D eigenvalue weighted by Crippen LogP contribution is -2.28. The fourth-order valence-corrected chi connectivity index (χ4v) is 1.81. The van der Waals surface area contributed by atoms with Crippen molar-refractivity contribution in [2.75, 3.05) is 11.9 Å². The predicted octanol–water partition coefficient (Wildman–Crippen LogP) is 3.69. The molecule has 0 aromatic heterocycles. The Balaban J connectivity index is 1.87. The van der Waals surface area contributed by atoms with E-state index < -0.39 is 17.7 Å². The third kappa shape index (κ3) is 4.44. The summed E-state index contributed by atoms with van der Waals surface area (Å²) in [5.74, 6) is -0.766. The Morgan fingerprint density at radius 3 is 2.50 bits per heavy atom. The highest BCUT2D eigenvalue weighted by Crippen LogP contribution is 2.15. The molecule has 116 valence electrons. The van der Waals surface area contributed by atoms with E-state index in [2.05, 4.69) is 10.6 Å². The molecule has 0 saturated heterocycles. The van der Waals surface area contributed by atoms with E-state index in [4.69, 9.17) is 4.74 Å². The second-order valence-corrected chi connectivity index (χ2v) is 4.51. The van der Waals surface area contributed by atoms with E-state index in [1.807, 2.05) is 19.1 Å². The highest BCUT2D eigenvalue weighted by Gasteiger charge is 2.07. The van der Waals surface area contributed by atoms with Gasteiger partial charge >= 0.3 is 6.03 Å². The summed E-state index contributed by atoms with van der Waals surface area (Å²) in [5, 5.41) is 4.91. The van der Waals surface area contributed by atoms with Gasteiger partial charge in [0.1, 0.15) is 17.4 Å². The Morgan fingerprint density at radius 2 is 1.86 bits per heavy atom. The van der Waals surface area contributed by atoms with Crippen LogP contribution in [0.2, 0.25) is 0 Å². The molecule has 0 aliphatic rings. The van der Waals surface area contributed by atoms with E-state index in [9.17, 15) is 13.6 Å². The van der Waals surface area contributed by atoms with Crippen LogP contribution in [-0.2, 0) is 6.54 Å². The zero-order valence-electron chi connectivity index (χ0n) is 12.0. The molecule has 0 atom stereocenters. The zero-order valence-corrected chi connectivity index (χ0v) is 12.0. The highest BCUT2D eigenvalue weighted by molar-refractivity contribution is 5.89. The first-order valence-corrected chi connectivity index (χ1v) is 6.80. The number of hydrogen-bond acceptors (Lipinski definition) is 2. The van der Waals surface area contributed by atoms with Crippen molar-refractivity contribution >= 4 is 11.7 Å². The van der Waals surface area contributed by atoms with Gasteiger partial charge in [0.15, 0.2) is 0 Å². The first kappa shape index (κ1) is 15.8. The molecule has 2 aromatic carbocycles. The van der Waals surface area contributed by atoms with Crippen LogP contribution in [-0.4, -0.2) is 12.6 Å². The molecule has 0 saturated carbocycles. The molecule has 4 nitrogen and oxygen atoms in total. The van der Waals surface area contributed by atoms with Gasteiger partial charge in [-0.3, -0.25) is 0 Å². The molecule has 22 heavy (non-hydrogen) atoms. The molecule has 2 N–H and O–H groups in total. The average Bonchev–Trinajstić information content (AvgIpc) is 2.50. The molecule has 0 aliphatic carbocycles. The van der Waals surface area contributed by atoms with Gasteiger partial charge in [-0.2, -0.15) is 0 Å². The minimum absolute atomic E-state index is 0.0782. The SMILES string of the molecule is CCOc1ccc(CNC(=O)Nc2ccc(F)cc2F)cc1. The molecule has 0 fully saturated rings. The smallest absolute Gasteiger partial charge is 0.319 e. The summed E-state index contributed by atoms with van der Waals surface area (Å²) < 4.78 is 31.5. The summed E-state index contributed by atoms with van der Waals surface area (Å²) in [4.78, 5) is 11.7. The third-order valence-electron chi connectivity index (χ3n) is 2.87. The quantitative estimate of drug-likeness (QED) is 0.885. The number of urea groups is 1. The van der Waals surface area contributed by atoms with Crippen LogP contribution in [0.1, 0.15) is 12.5 Å². The van der Waals surface area contributed by atoms with Gasteiger partial charge in [-0.05, 0) is 36.8 Å². The summed E-state index contributed by atoms with van der Waals surface area (Å²) in [5.41, 5.74) is 0.795. The normalized spacial score (nSPS) is 10.1.